The molecule has 7 heteroatoms. The minimum absolute atomic E-state index is 0.0850. The monoisotopic (exact) mass is 279 g/mol. The predicted molar refractivity (Wildman–Crippen MR) is 66.5 cm³/mol. The summed E-state index contributed by atoms with van der Waals surface area (Å²) in [5.41, 5.74) is 0.544. The maximum Gasteiger partial charge on any atom is 0.255 e. The smallest absolute Gasteiger partial charge is 0.255 e. The maximum absolute atomic E-state index is 12.5. The lowest BCUT2D eigenvalue weighted by Crippen LogP contribution is -2.33. The van der Waals surface area contributed by atoms with Crippen molar-refractivity contribution in [3.63, 3.8) is 0 Å². The van der Waals surface area contributed by atoms with Gasteiger partial charge in [0.2, 0.25) is 0 Å². The lowest BCUT2D eigenvalue weighted by molar-refractivity contribution is 0.152. The lowest BCUT2D eigenvalue weighted by atomic mass is 10.3. The molecular weight excluding hydrogens is 264 g/mol. The highest BCUT2D eigenvalue weighted by atomic mass is 35.5. The average molecular weight is 280 g/mol. The first kappa shape index (κ1) is 15.0. The number of nitrogens with zero attached hydrogens (tertiary/aromatic N) is 3. The van der Waals surface area contributed by atoms with Crippen molar-refractivity contribution in [2.24, 2.45) is 0 Å². The molecule has 1 aromatic heterocycles. The summed E-state index contributed by atoms with van der Waals surface area (Å²) in [7, 11) is 0. The van der Waals surface area contributed by atoms with Crippen molar-refractivity contribution in [1.29, 1.82) is 0 Å². The van der Waals surface area contributed by atoms with Crippen LogP contribution in [0.2, 0.25) is 5.15 Å². The van der Waals surface area contributed by atoms with Crippen LogP contribution in [0.25, 0.3) is 0 Å². The number of aromatic nitrogens is 2. The van der Waals surface area contributed by atoms with Crippen LogP contribution in [0.15, 0.2) is 0 Å². The van der Waals surface area contributed by atoms with Crippen molar-refractivity contribution in [3.8, 4) is 0 Å². The van der Waals surface area contributed by atoms with Gasteiger partial charge in [0, 0.05) is 18.5 Å². The van der Waals surface area contributed by atoms with Crippen molar-refractivity contribution in [2.75, 3.05) is 24.6 Å². The van der Waals surface area contributed by atoms with Gasteiger partial charge in [0.15, 0.2) is 0 Å². The second kappa shape index (κ2) is 6.80. The van der Waals surface area contributed by atoms with E-state index in [4.69, 9.17) is 16.7 Å². The van der Waals surface area contributed by atoms with E-state index < -0.39 is 13.0 Å². The summed E-state index contributed by atoms with van der Waals surface area (Å²) in [5.74, 6) is 0.860. The average Bonchev–Trinajstić information content (AvgIpc) is 2.31. The van der Waals surface area contributed by atoms with Gasteiger partial charge in [-0.3, -0.25) is 0 Å². The minimum atomic E-state index is -2.50. The Hall–Kier alpha value is -1.01. The third kappa shape index (κ3) is 3.74. The topological polar surface area (TPSA) is 49.2 Å². The van der Waals surface area contributed by atoms with Crippen LogP contribution in [-0.4, -0.2) is 41.2 Å². The molecule has 0 aliphatic heterocycles. The zero-order chi connectivity index (χ0) is 13.7. The first-order valence-corrected chi connectivity index (χ1v) is 6.04. The highest BCUT2D eigenvalue weighted by Crippen LogP contribution is 2.24. The van der Waals surface area contributed by atoms with Gasteiger partial charge in [-0.25, -0.2) is 18.7 Å². The summed E-state index contributed by atoms with van der Waals surface area (Å²) < 4.78 is 25.0. The predicted octanol–water partition coefficient (Wildman–Crippen LogP) is 2.06. The van der Waals surface area contributed by atoms with Crippen molar-refractivity contribution >= 4 is 17.4 Å². The van der Waals surface area contributed by atoms with Gasteiger partial charge in [-0.1, -0.05) is 18.5 Å². The molecule has 18 heavy (non-hydrogen) atoms. The minimum Gasteiger partial charge on any atom is -0.395 e. The summed E-state index contributed by atoms with van der Waals surface area (Å²) >= 11 is 5.95. The van der Waals surface area contributed by atoms with Gasteiger partial charge >= 0.3 is 0 Å². The van der Waals surface area contributed by atoms with Gasteiger partial charge in [0.1, 0.15) is 16.8 Å². The van der Waals surface area contributed by atoms with Crippen LogP contribution in [0, 0.1) is 6.92 Å². The molecule has 4 nitrogen and oxygen atoms in total. The molecule has 0 radical (unpaired) electrons. The van der Waals surface area contributed by atoms with E-state index >= 15 is 0 Å². The number of hydrogen-bond acceptors (Lipinski definition) is 4. The number of alkyl halides is 2. The summed E-state index contributed by atoms with van der Waals surface area (Å²) in [6, 6.07) is 0. The van der Waals surface area contributed by atoms with E-state index in [0.717, 1.165) is 0 Å². The standard InChI is InChI=1S/C11H16ClF2N3O/c1-3-9-15-10(12)7(2)11(16-9)17(4-5-18)6-8(13)14/h8,18H,3-6H2,1-2H3. The molecule has 1 rings (SSSR count). The first-order valence-electron chi connectivity index (χ1n) is 5.66. The molecule has 0 fully saturated rings. The van der Waals surface area contributed by atoms with Crippen LogP contribution in [0.1, 0.15) is 18.3 Å². The zero-order valence-electron chi connectivity index (χ0n) is 10.3. The Morgan fingerprint density at radius 3 is 2.56 bits per heavy atom. The number of rotatable bonds is 6. The fourth-order valence-electron chi connectivity index (χ4n) is 1.56. The Morgan fingerprint density at radius 2 is 2.06 bits per heavy atom. The van der Waals surface area contributed by atoms with E-state index in [9.17, 15) is 8.78 Å². The first-order chi connectivity index (χ1) is 8.49. The van der Waals surface area contributed by atoms with Crippen LogP contribution in [0.5, 0.6) is 0 Å². The summed E-state index contributed by atoms with van der Waals surface area (Å²) in [6.07, 6.45) is -1.94. The molecule has 0 atom stereocenters. The SMILES string of the molecule is CCc1nc(Cl)c(C)c(N(CCO)CC(F)F)n1. The molecule has 0 aliphatic rings. The van der Waals surface area contributed by atoms with E-state index in [2.05, 4.69) is 9.97 Å². The van der Waals surface area contributed by atoms with Crippen LogP contribution in [0.3, 0.4) is 0 Å². The number of halogens is 3. The van der Waals surface area contributed by atoms with E-state index in [1.165, 1.54) is 4.90 Å². The summed E-state index contributed by atoms with van der Waals surface area (Å²) in [5, 5.41) is 9.19. The highest BCUT2D eigenvalue weighted by Gasteiger charge is 2.18. The Bertz CT molecular complexity index is 404. The quantitative estimate of drug-likeness (QED) is 0.810. The van der Waals surface area contributed by atoms with Gasteiger partial charge < -0.3 is 10.0 Å². The van der Waals surface area contributed by atoms with Gasteiger partial charge in [-0.2, -0.15) is 0 Å². The van der Waals surface area contributed by atoms with Gasteiger partial charge in [-0.05, 0) is 6.92 Å². The second-order valence-electron chi connectivity index (χ2n) is 3.79. The molecule has 0 spiro atoms. The third-order valence-electron chi connectivity index (χ3n) is 2.45. The second-order valence-corrected chi connectivity index (χ2v) is 4.15. The molecule has 0 aliphatic carbocycles. The van der Waals surface area contributed by atoms with E-state index in [-0.39, 0.29) is 18.3 Å². The fraction of sp³-hybridized carbons (Fsp3) is 0.636. The van der Waals surface area contributed by atoms with Crippen molar-refractivity contribution in [2.45, 2.75) is 26.7 Å². The van der Waals surface area contributed by atoms with E-state index in [1.54, 1.807) is 6.92 Å². The summed E-state index contributed by atoms with van der Waals surface area (Å²) in [6.45, 7) is 2.90. The molecule has 0 amide bonds. The molecule has 0 bridgehead atoms. The van der Waals surface area contributed by atoms with Crippen molar-refractivity contribution in [1.82, 2.24) is 9.97 Å². The van der Waals surface area contributed by atoms with E-state index in [1.807, 2.05) is 6.92 Å². The van der Waals surface area contributed by atoms with E-state index in [0.29, 0.717) is 23.6 Å². The maximum atomic E-state index is 12.5. The van der Waals surface area contributed by atoms with Gasteiger partial charge in [0.05, 0.1) is 13.2 Å². The molecule has 102 valence electrons. The molecule has 0 aromatic carbocycles. The Kier molecular flexibility index (Phi) is 5.68. The molecule has 1 aromatic rings. The molecule has 0 unspecified atom stereocenters. The molecule has 1 heterocycles. The lowest BCUT2D eigenvalue weighted by Gasteiger charge is -2.24. The van der Waals surface area contributed by atoms with Crippen LogP contribution in [-0.2, 0) is 6.42 Å². The number of aliphatic hydroxyl groups is 1. The third-order valence-corrected chi connectivity index (χ3v) is 2.82. The van der Waals surface area contributed by atoms with Crippen LogP contribution >= 0.6 is 11.6 Å². The fourth-order valence-corrected chi connectivity index (χ4v) is 1.74. The highest BCUT2D eigenvalue weighted by molar-refractivity contribution is 6.30. The molecule has 0 saturated heterocycles. The largest absolute Gasteiger partial charge is 0.395 e. The molecule has 1 N–H and O–H groups in total. The van der Waals surface area contributed by atoms with Crippen LogP contribution < -0.4 is 4.90 Å². The molecule has 0 saturated carbocycles. The Morgan fingerprint density at radius 1 is 1.39 bits per heavy atom. The van der Waals surface area contributed by atoms with Crippen molar-refractivity contribution < 1.29 is 13.9 Å². The number of anilines is 1. The summed E-state index contributed by atoms with van der Waals surface area (Å²) in [4.78, 5) is 9.59. The van der Waals surface area contributed by atoms with Gasteiger partial charge in [0.25, 0.3) is 6.43 Å². The Labute approximate surface area is 110 Å². The van der Waals surface area contributed by atoms with Crippen LogP contribution in [0.4, 0.5) is 14.6 Å². The number of aryl methyl sites for hydroxylation is 1. The number of aliphatic hydroxyl groups excluding tert-OH is 1. The molecular formula is C11H16ClF2N3O. The Balaban J connectivity index is 3.12. The van der Waals surface area contributed by atoms with Gasteiger partial charge in [-0.15, -0.1) is 0 Å². The normalized spacial score (nSPS) is 11.1. The zero-order valence-corrected chi connectivity index (χ0v) is 11.1. The van der Waals surface area contributed by atoms with Crippen molar-refractivity contribution in [3.05, 3.63) is 16.5 Å². The number of hydrogen-bond donors (Lipinski definition) is 1.